The summed E-state index contributed by atoms with van der Waals surface area (Å²) in [6.45, 7) is 10.2. The molecule has 1 aliphatic rings. The molecule has 1 fully saturated rings. The van der Waals surface area contributed by atoms with Crippen molar-refractivity contribution in [3.8, 4) is 0 Å². The number of nitrogens with one attached hydrogen (secondary N) is 2. The van der Waals surface area contributed by atoms with Crippen molar-refractivity contribution in [3.05, 3.63) is 52.8 Å². The average Bonchev–Trinajstić information content (AvgIpc) is 2.99. The molecule has 0 amide bonds. The van der Waals surface area contributed by atoms with Crippen molar-refractivity contribution >= 4 is 29.9 Å². The zero-order valence-electron chi connectivity index (χ0n) is 17.9. The Morgan fingerprint density at radius 1 is 1.07 bits per heavy atom. The Labute approximate surface area is 192 Å². The van der Waals surface area contributed by atoms with Crippen molar-refractivity contribution in [2.45, 2.75) is 46.2 Å². The van der Waals surface area contributed by atoms with E-state index in [1.807, 2.05) is 13.1 Å². The number of likely N-dealkylation sites (tertiary alicyclic amines) is 1. The largest absolute Gasteiger partial charge is 0.355 e. The highest BCUT2D eigenvalue weighted by Gasteiger charge is 2.13. The van der Waals surface area contributed by atoms with E-state index in [2.05, 4.69) is 63.3 Å². The van der Waals surface area contributed by atoms with Gasteiger partial charge in [-0.3, -0.25) is 9.67 Å². The SMILES string of the molecule is CN=C(NCCN1CCCCC1)NCc1c(C)nn(Cc2ccccc2)c1C.I. The maximum Gasteiger partial charge on any atom is 0.191 e. The van der Waals surface area contributed by atoms with E-state index in [1.165, 1.54) is 49.2 Å². The summed E-state index contributed by atoms with van der Waals surface area (Å²) >= 11 is 0. The van der Waals surface area contributed by atoms with Crippen LogP contribution in [-0.4, -0.2) is 53.9 Å². The molecule has 0 spiro atoms. The summed E-state index contributed by atoms with van der Waals surface area (Å²) in [5, 5.41) is 11.6. The molecule has 3 rings (SSSR count). The number of aryl methyl sites for hydroxylation is 1. The highest BCUT2D eigenvalue weighted by atomic mass is 127. The van der Waals surface area contributed by atoms with Gasteiger partial charge in [0.1, 0.15) is 0 Å². The fraction of sp³-hybridized carbons (Fsp3) is 0.545. The molecule has 0 bridgehead atoms. The summed E-state index contributed by atoms with van der Waals surface area (Å²) in [6.07, 6.45) is 4.04. The Morgan fingerprint density at radius 2 is 1.79 bits per heavy atom. The van der Waals surface area contributed by atoms with E-state index in [-0.39, 0.29) is 24.0 Å². The standard InChI is InChI=1S/C22H34N6.HI/c1-18-21(19(2)28(26-18)17-20-10-6-4-7-11-20)16-25-22(23-3)24-12-15-27-13-8-5-9-14-27;/h4,6-7,10-11H,5,8-9,12-17H2,1-3H3,(H2,23,24,25);1H. The van der Waals surface area contributed by atoms with Crippen LogP contribution in [0.5, 0.6) is 0 Å². The van der Waals surface area contributed by atoms with Gasteiger partial charge >= 0.3 is 0 Å². The summed E-state index contributed by atoms with van der Waals surface area (Å²) in [6, 6.07) is 10.5. The van der Waals surface area contributed by atoms with E-state index in [9.17, 15) is 0 Å². The van der Waals surface area contributed by atoms with Crippen LogP contribution in [-0.2, 0) is 13.1 Å². The summed E-state index contributed by atoms with van der Waals surface area (Å²) in [7, 11) is 1.83. The van der Waals surface area contributed by atoms with Gasteiger partial charge in [0.15, 0.2) is 5.96 Å². The van der Waals surface area contributed by atoms with Gasteiger partial charge in [-0.1, -0.05) is 36.8 Å². The van der Waals surface area contributed by atoms with Crippen LogP contribution in [0.3, 0.4) is 0 Å². The van der Waals surface area contributed by atoms with Crippen molar-refractivity contribution in [1.82, 2.24) is 25.3 Å². The quantitative estimate of drug-likeness (QED) is 0.341. The van der Waals surface area contributed by atoms with Crippen LogP contribution in [0, 0.1) is 13.8 Å². The third-order valence-electron chi connectivity index (χ3n) is 5.53. The Kier molecular flexibility index (Phi) is 9.93. The smallest absolute Gasteiger partial charge is 0.191 e. The van der Waals surface area contributed by atoms with Crippen LogP contribution in [0.25, 0.3) is 0 Å². The minimum absolute atomic E-state index is 0. The van der Waals surface area contributed by atoms with E-state index in [0.717, 1.165) is 37.8 Å². The topological polar surface area (TPSA) is 57.5 Å². The molecule has 6 nitrogen and oxygen atoms in total. The lowest BCUT2D eigenvalue weighted by Gasteiger charge is -2.26. The van der Waals surface area contributed by atoms with Gasteiger partial charge in [0.05, 0.1) is 12.2 Å². The number of piperidine rings is 1. The highest BCUT2D eigenvalue weighted by Crippen LogP contribution is 2.14. The zero-order valence-corrected chi connectivity index (χ0v) is 20.3. The number of rotatable bonds is 7. The first kappa shape index (κ1) is 23.7. The average molecular weight is 510 g/mol. The monoisotopic (exact) mass is 510 g/mol. The Hall–Kier alpha value is -1.61. The lowest BCUT2D eigenvalue weighted by atomic mass is 10.1. The zero-order chi connectivity index (χ0) is 19.8. The number of hydrogen-bond donors (Lipinski definition) is 2. The molecule has 0 radical (unpaired) electrons. The van der Waals surface area contributed by atoms with Crippen LogP contribution in [0.4, 0.5) is 0 Å². The molecule has 160 valence electrons. The first-order valence-electron chi connectivity index (χ1n) is 10.4. The molecule has 0 atom stereocenters. The molecular weight excluding hydrogens is 475 g/mol. The third-order valence-corrected chi connectivity index (χ3v) is 5.53. The Morgan fingerprint density at radius 3 is 2.48 bits per heavy atom. The van der Waals surface area contributed by atoms with Crippen LogP contribution >= 0.6 is 24.0 Å². The Balaban J connectivity index is 0.00000300. The molecule has 1 aromatic carbocycles. The number of guanidine groups is 1. The van der Waals surface area contributed by atoms with Crippen molar-refractivity contribution in [2.75, 3.05) is 33.2 Å². The van der Waals surface area contributed by atoms with Crippen LogP contribution in [0.2, 0.25) is 0 Å². The summed E-state index contributed by atoms with van der Waals surface area (Å²) in [4.78, 5) is 6.90. The molecule has 2 N–H and O–H groups in total. The fourth-order valence-electron chi connectivity index (χ4n) is 3.81. The van der Waals surface area contributed by atoms with Gasteiger partial charge in [0.2, 0.25) is 0 Å². The number of nitrogens with zero attached hydrogens (tertiary/aromatic N) is 4. The number of benzene rings is 1. The van der Waals surface area contributed by atoms with Crippen molar-refractivity contribution in [1.29, 1.82) is 0 Å². The van der Waals surface area contributed by atoms with Crippen molar-refractivity contribution in [2.24, 2.45) is 4.99 Å². The maximum atomic E-state index is 4.74. The number of aromatic nitrogens is 2. The third kappa shape index (κ3) is 6.99. The van der Waals surface area contributed by atoms with E-state index in [1.54, 1.807) is 0 Å². The van der Waals surface area contributed by atoms with Crippen molar-refractivity contribution < 1.29 is 0 Å². The predicted octanol–water partition coefficient (Wildman–Crippen LogP) is 3.32. The van der Waals surface area contributed by atoms with E-state index >= 15 is 0 Å². The highest BCUT2D eigenvalue weighted by molar-refractivity contribution is 14.0. The Bertz CT molecular complexity index is 765. The van der Waals surface area contributed by atoms with Gasteiger partial charge in [-0.05, 0) is 45.3 Å². The summed E-state index contributed by atoms with van der Waals surface area (Å²) in [5.41, 5.74) is 4.79. The molecule has 29 heavy (non-hydrogen) atoms. The maximum absolute atomic E-state index is 4.74. The summed E-state index contributed by atoms with van der Waals surface area (Å²) < 4.78 is 2.09. The van der Waals surface area contributed by atoms with Gasteiger partial charge in [0, 0.05) is 37.9 Å². The van der Waals surface area contributed by atoms with Crippen LogP contribution in [0.15, 0.2) is 35.3 Å². The van der Waals surface area contributed by atoms with E-state index in [0.29, 0.717) is 0 Å². The lowest BCUT2D eigenvalue weighted by molar-refractivity contribution is 0.232. The van der Waals surface area contributed by atoms with Crippen LogP contribution in [0.1, 0.15) is 41.8 Å². The molecule has 0 saturated carbocycles. The van der Waals surface area contributed by atoms with Crippen molar-refractivity contribution in [3.63, 3.8) is 0 Å². The van der Waals surface area contributed by atoms with E-state index < -0.39 is 0 Å². The molecular formula is C22H35IN6. The summed E-state index contributed by atoms with van der Waals surface area (Å²) in [5.74, 6) is 0.853. The minimum Gasteiger partial charge on any atom is -0.355 e. The second-order valence-corrected chi connectivity index (χ2v) is 7.55. The molecule has 0 aliphatic carbocycles. The molecule has 1 saturated heterocycles. The molecule has 1 aromatic heterocycles. The van der Waals surface area contributed by atoms with E-state index in [4.69, 9.17) is 5.10 Å². The van der Waals surface area contributed by atoms with Gasteiger partial charge < -0.3 is 15.5 Å². The molecule has 7 heteroatoms. The first-order chi connectivity index (χ1) is 13.7. The molecule has 2 aromatic rings. The van der Waals surface area contributed by atoms with Gasteiger partial charge in [0.25, 0.3) is 0 Å². The molecule has 2 heterocycles. The lowest BCUT2D eigenvalue weighted by Crippen LogP contribution is -2.42. The van der Waals surface area contributed by atoms with Gasteiger partial charge in [-0.15, -0.1) is 24.0 Å². The minimum atomic E-state index is 0. The predicted molar refractivity (Wildman–Crippen MR) is 131 cm³/mol. The number of aliphatic imine (C=N–C) groups is 1. The fourth-order valence-corrected chi connectivity index (χ4v) is 3.81. The van der Waals surface area contributed by atoms with Crippen LogP contribution < -0.4 is 10.6 Å². The van der Waals surface area contributed by atoms with Gasteiger partial charge in [-0.2, -0.15) is 5.10 Å². The normalized spacial score (nSPS) is 15.1. The number of halogens is 1. The first-order valence-corrected chi connectivity index (χ1v) is 10.4. The molecule has 0 unspecified atom stereocenters. The van der Waals surface area contributed by atoms with Gasteiger partial charge in [-0.25, -0.2) is 0 Å². The number of hydrogen-bond acceptors (Lipinski definition) is 3. The molecule has 1 aliphatic heterocycles. The second-order valence-electron chi connectivity index (χ2n) is 7.55. The second kappa shape index (κ2) is 12.2.